The third kappa shape index (κ3) is 4.49. The van der Waals surface area contributed by atoms with Gasteiger partial charge in [0.25, 0.3) is 0 Å². The van der Waals surface area contributed by atoms with Gasteiger partial charge in [-0.1, -0.05) is 0 Å². The second-order valence-electron chi connectivity index (χ2n) is 4.65. The molecule has 2 N–H and O–H groups in total. The largest absolute Gasteiger partial charge is 0.330 e. The standard InChI is InChI=1S/C10H22N2O2S/c1-9-3-4-10(7-11)8-12(9)5-6-15(2,13)14/h9-10H,3-8,11H2,1-2H3. The van der Waals surface area contributed by atoms with Crippen LogP contribution >= 0.6 is 0 Å². The molecule has 1 saturated heterocycles. The normalized spacial score (nSPS) is 29.3. The topological polar surface area (TPSA) is 63.4 Å². The van der Waals surface area contributed by atoms with Gasteiger partial charge in [-0.15, -0.1) is 0 Å². The fourth-order valence-electron chi connectivity index (χ4n) is 2.05. The third-order valence-corrected chi connectivity index (χ3v) is 4.12. The molecule has 2 atom stereocenters. The number of nitrogens with two attached hydrogens (primary N) is 1. The molecule has 4 nitrogen and oxygen atoms in total. The van der Waals surface area contributed by atoms with E-state index in [2.05, 4.69) is 11.8 Å². The molecule has 1 heterocycles. The molecule has 5 heteroatoms. The Morgan fingerprint density at radius 2 is 2.07 bits per heavy atom. The lowest BCUT2D eigenvalue weighted by Crippen LogP contribution is -2.45. The van der Waals surface area contributed by atoms with Gasteiger partial charge < -0.3 is 5.73 Å². The molecule has 0 aromatic carbocycles. The van der Waals surface area contributed by atoms with Crippen molar-refractivity contribution in [2.75, 3.05) is 31.6 Å². The first-order valence-electron chi connectivity index (χ1n) is 5.54. The second-order valence-corrected chi connectivity index (χ2v) is 6.91. The Labute approximate surface area is 92.7 Å². The van der Waals surface area contributed by atoms with Gasteiger partial charge in [-0.3, -0.25) is 4.90 Å². The van der Waals surface area contributed by atoms with Crippen molar-refractivity contribution in [2.24, 2.45) is 11.7 Å². The Bertz CT molecular complexity index is 290. The van der Waals surface area contributed by atoms with E-state index in [1.165, 1.54) is 12.7 Å². The summed E-state index contributed by atoms with van der Waals surface area (Å²) >= 11 is 0. The van der Waals surface area contributed by atoms with E-state index < -0.39 is 9.84 Å². The number of hydrogen-bond acceptors (Lipinski definition) is 4. The first-order valence-corrected chi connectivity index (χ1v) is 7.60. The molecule has 1 rings (SSSR count). The Morgan fingerprint density at radius 1 is 1.40 bits per heavy atom. The zero-order chi connectivity index (χ0) is 11.5. The Hall–Kier alpha value is -0.130. The molecule has 0 aromatic rings. The monoisotopic (exact) mass is 234 g/mol. The highest BCUT2D eigenvalue weighted by Crippen LogP contribution is 2.20. The van der Waals surface area contributed by atoms with E-state index in [4.69, 9.17) is 5.73 Å². The lowest BCUT2D eigenvalue weighted by Gasteiger charge is -2.37. The molecule has 0 saturated carbocycles. The first kappa shape index (κ1) is 12.9. The molecule has 0 amide bonds. The van der Waals surface area contributed by atoms with Gasteiger partial charge >= 0.3 is 0 Å². The highest BCUT2D eigenvalue weighted by molar-refractivity contribution is 7.90. The second kappa shape index (κ2) is 5.27. The van der Waals surface area contributed by atoms with Gasteiger partial charge in [-0.05, 0) is 32.2 Å². The lowest BCUT2D eigenvalue weighted by molar-refractivity contribution is 0.128. The van der Waals surface area contributed by atoms with E-state index >= 15 is 0 Å². The van der Waals surface area contributed by atoms with Gasteiger partial charge in [-0.2, -0.15) is 0 Å². The smallest absolute Gasteiger partial charge is 0.148 e. The highest BCUT2D eigenvalue weighted by Gasteiger charge is 2.24. The van der Waals surface area contributed by atoms with E-state index in [1.54, 1.807) is 0 Å². The van der Waals surface area contributed by atoms with Crippen molar-refractivity contribution < 1.29 is 8.42 Å². The lowest BCUT2D eigenvalue weighted by atomic mass is 9.94. The summed E-state index contributed by atoms with van der Waals surface area (Å²) < 4.78 is 22.2. The molecule has 2 unspecified atom stereocenters. The molecule has 1 aliphatic heterocycles. The van der Waals surface area contributed by atoms with E-state index in [0.717, 1.165) is 13.0 Å². The predicted octanol–water partition coefficient (Wildman–Crippen LogP) is 0.0902. The Kier molecular flexibility index (Phi) is 4.55. The van der Waals surface area contributed by atoms with E-state index in [9.17, 15) is 8.42 Å². The maximum atomic E-state index is 11.1. The summed E-state index contributed by atoms with van der Waals surface area (Å²) in [6.07, 6.45) is 3.60. The molecule has 0 radical (unpaired) electrons. The van der Waals surface area contributed by atoms with Crippen LogP contribution in [0.15, 0.2) is 0 Å². The average molecular weight is 234 g/mol. The van der Waals surface area contributed by atoms with E-state index in [-0.39, 0.29) is 5.75 Å². The summed E-state index contributed by atoms with van der Waals surface area (Å²) in [5, 5.41) is 0. The summed E-state index contributed by atoms with van der Waals surface area (Å²) in [4.78, 5) is 2.25. The minimum absolute atomic E-state index is 0.259. The van der Waals surface area contributed by atoms with E-state index in [0.29, 0.717) is 25.0 Å². The van der Waals surface area contributed by atoms with Gasteiger partial charge in [0.15, 0.2) is 0 Å². The van der Waals surface area contributed by atoms with Crippen molar-refractivity contribution in [1.29, 1.82) is 0 Å². The molecular weight excluding hydrogens is 212 g/mol. The molecule has 0 spiro atoms. The number of rotatable bonds is 4. The summed E-state index contributed by atoms with van der Waals surface area (Å²) in [5.41, 5.74) is 5.65. The van der Waals surface area contributed by atoms with Crippen LogP contribution in [0, 0.1) is 5.92 Å². The van der Waals surface area contributed by atoms with Gasteiger partial charge in [0, 0.05) is 25.4 Å². The van der Waals surface area contributed by atoms with Crippen LogP contribution in [0.25, 0.3) is 0 Å². The maximum Gasteiger partial charge on any atom is 0.148 e. The number of likely N-dealkylation sites (tertiary alicyclic amines) is 1. The van der Waals surface area contributed by atoms with Crippen LogP contribution in [-0.2, 0) is 9.84 Å². The molecule has 90 valence electrons. The average Bonchev–Trinajstić information content (AvgIpc) is 2.15. The fraction of sp³-hybridized carbons (Fsp3) is 1.00. The number of piperidine rings is 1. The van der Waals surface area contributed by atoms with Gasteiger partial charge in [0.2, 0.25) is 0 Å². The molecule has 1 fully saturated rings. The highest BCUT2D eigenvalue weighted by atomic mass is 32.2. The van der Waals surface area contributed by atoms with Crippen LogP contribution in [0.1, 0.15) is 19.8 Å². The zero-order valence-corrected chi connectivity index (χ0v) is 10.5. The van der Waals surface area contributed by atoms with Crippen molar-refractivity contribution >= 4 is 9.84 Å². The van der Waals surface area contributed by atoms with Crippen LogP contribution in [-0.4, -0.2) is 51.0 Å². The minimum atomic E-state index is -2.84. The van der Waals surface area contributed by atoms with Crippen molar-refractivity contribution in [3.63, 3.8) is 0 Å². The van der Waals surface area contributed by atoms with Gasteiger partial charge in [0.1, 0.15) is 9.84 Å². The number of nitrogens with zero attached hydrogens (tertiary/aromatic N) is 1. The van der Waals surface area contributed by atoms with E-state index in [1.807, 2.05) is 0 Å². The third-order valence-electron chi connectivity index (χ3n) is 3.19. The molecule has 15 heavy (non-hydrogen) atoms. The number of sulfone groups is 1. The molecule has 1 aliphatic rings. The van der Waals surface area contributed by atoms with Crippen LogP contribution in [0.4, 0.5) is 0 Å². The molecule has 0 aliphatic carbocycles. The van der Waals surface area contributed by atoms with Crippen LogP contribution in [0.2, 0.25) is 0 Å². The van der Waals surface area contributed by atoms with Crippen LogP contribution < -0.4 is 5.73 Å². The molecule has 0 bridgehead atoms. The van der Waals surface area contributed by atoms with Crippen LogP contribution in [0.5, 0.6) is 0 Å². The predicted molar refractivity (Wildman–Crippen MR) is 62.5 cm³/mol. The summed E-state index contributed by atoms with van der Waals surface area (Å²) in [6, 6.07) is 0.495. The fourth-order valence-corrected chi connectivity index (χ4v) is 2.62. The first-order chi connectivity index (χ1) is 6.92. The van der Waals surface area contributed by atoms with Crippen molar-refractivity contribution in [3.05, 3.63) is 0 Å². The van der Waals surface area contributed by atoms with Gasteiger partial charge in [0.05, 0.1) is 5.75 Å². The van der Waals surface area contributed by atoms with Gasteiger partial charge in [-0.25, -0.2) is 8.42 Å². The zero-order valence-electron chi connectivity index (χ0n) is 9.65. The minimum Gasteiger partial charge on any atom is -0.330 e. The summed E-state index contributed by atoms with van der Waals surface area (Å²) in [5.74, 6) is 0.801. The quantitative estimate of drug-likeness (QED) is 0.749. The molecule has 0 aromatic heterocycles. The summed E-state index contributed by atoms with van der Waals surface area (Å²) in [6.45, 7) is 4.47. The molecular formula is C10H22N2O2S. The maximum absolute atomic E-state index is 11.1. The summed E-state index contributed by atoms with van der Waals surface area (Å²) in [7, 11) is -2.84. The Morgan fingerprint density at radius 3 is 2.60 bits per heavy atom. The number of hydrogen-bond donors (Lipinski definition) is 1. The van der Waals surface area contributed by atoms with Crippen molar-refractivity contribution in [2.45, 2.75) is 25.8 Å². The Balaban J connectivity index is 2.44. The SMILES string of the molecule is CC1CCC(CN)CN1CCS(C)(=O)=O. The van der Waals surface area contributed by atoms with Crippen molar-refractivity contribution in [3.8, 4) is 0 Å². The van der Waals surface area contributed by atoms with Crippen molar-refractivity contribution in [1.82, 2.24) is 4.90 Å². The van der Waals surface area contributed by atoms with Crippen LogP contribution in [0.3, 0.4) is 0 Å².